The van der Waals surface area contributed by atoms with Crippen LogP contribution in [0.5, 0.6) is 0 Å². The molecule has 3 atom stereocenters. The third-order valence-corrected chi connectivity index (χ3v) is 2.85. The Morgan fingerprint density at radius 2 is 1.72 bits per heavy atom. The van der Waals surface area contributed by atoms with Gasteiger partial charge in [-0.25, -0.2) is 0 Å². The van der Waals surface area contributed by atoms with Crippen molar-refractivity contribution < 1.29 is 9.59 Å². The molecule has 0 saturated carbocycles. The summed E-state index contributed by atoms with van der Waals surface area (Å²) in [6, 6.07) is -0.303. The maximum absolute atomic E-state index is 11.8. The Kier molecular flexibility index (Phi) is 8.37. The zero-order valence-electron chi connectivity index (χ0n) is 12.0. The molecule has 18 heavy (non-hydrogen) atoms. The summed E-state index contributed by atoms with van der Waals surface area (Å²) in [6.45, 7) is 7.95. The fraction of sp³-hybridized carbons (Fsp3) is 0.846. The van der Waals surface area contributed by atoms with Crippen molar-refractivity contribution >= 4 is 11.8 Å². The molecule has 106 valence electrons. The van der Waals surface area contributed by atoms with Gasteiger partial charge in [-0.3, -0.25) is 9.59 Å². The molecule has 0 saturated heterocycles. The number of carbonyl (C=O) groups excluding carboxylic acids is 2. The van der Waals surface area contributed by atoms with Crippen molar-refractivity contribution in [3.8, 4) is 0 Å². The number of hydrogen-bond acceptors (Lipinski definition) is 3. The van der Waals surface area contributed by atoms with E-state index in [1.54, 1.807) is 6.92 Å². The van der Waals surface area contributed by atoms with Crippen molar-refractivity contribution in [1.29, 1.82) is 0 Å². The zero-order valence-corrected chi connectivity index (χ0v) is 12.0. The monoisotopic (exact) mass is 257 g/mol. The van der Waals surface area contributed by atoms with Crippen LogP contribution in [0, 0.1) is 5.92 Å². The molecule has 0 radical (unpaired) electrons. The lowest BCUT2D eigenvalue weighted by Gasteiger charge is -2.17. The normalized spacial score (nSPS) is 15.6. The first-order valence-corrected chi connectivity index (χ1v) is 6.72. The second kappa shape index (κ2) is 8.91. The molecule has 5 heteroatoms. The average Bonchev–Trinajstić information content (AvgIpc) is 2.28. The largest absolute Gasteiger partial charge is 0.355 e. The minimum absolute atomic E-state index is 0.0709. The molecule has 3 unspecified atom stereocenters. The lowest BCUT2D eigenvalue weighted by atomic mass is 10.0. The summed E-state index contributed by atoms with van der Waals surface area (Å²) in [5.41, 5.74) is 5.66. The highest BCUT2D eigenvalue weighted by atomic mass is 16.2. The molecule has 0 aliphatic rings. The lowest BCUT2D eigenvalue weighted by molar-refractivity contribution is -0.130. The van der Waals surface area contributed by atoms with E-state index in [1.165, 1.54) is 0 Å². The van der Waals surface area contributed by atoms with Gasteiger partial charge in [-0.15, -0.1) is 0 Å². The summed E-state index contributed by atoms with van der Waals surface area (Å²) >= 11 is 0. The van der Waals surface area contributed by atoms with E-state index in [-0.39, 0.29) is 23.8 Å². The highest BCUT2D eigenvalue weighted by molar-refractivity contribution is 5.87. The molecule has 0 rings (SSSR count). The van der Waals surface area contributed by atoms with Crippen LogP contribution in [0.4, 0.5) is 0 Å². The SMILES string of the molecule is CCNC(=O)C(C)NC(=O)C(C)CCCC(C)N. The molecule has 0 spiro atoms. The van der Waals surface area contributed by atoms with Crippen LogP contribution in [0.3, 0.4) is 0 Å². The van der Waals surface area contributed by atoms with Crippen LogP contribution >= 0.6 is 0 Å². The Labute approximate surface area is 110 Å². The Hall–Kier alpha value is -1.10. The van der Waals surface area contributed by atoms with Gasteiger partial charge in [-0.05, 0) is 33.6 Å². The molecule has 5 nitrogen and oxygen atoms in total. The maximum Gasteiger partial charge on any atom is 0.242 e. The Bertz CT molecular complexity index is 267. The molecule has 0 aromatic rings. The summed E-state index contributed by atoms with van der Waals surface area (Å²) in [5, 5.41) is 5.40. The second-order valence-corrected chi connectivity index (χ2v) is 4.93. The van der Waals surface area contributed by atoms with Crippen molar-refractivity contribution in [2.75, 3.05) is 6.54 Å². The molecular formula is C13H27N3O2. The van der Waals surface area contributed by atoms with Crippen molar-refractivity contribution in [1.82, 2.24) is 10.6 Å². The number of likely N-dealkylation sites (N-methyl/N-ethyl adjacent to an activating group) is 1. The molecule has 0 aliphatic carbocycles. The second-order valence-electron chi connectivity index (χ2n) is 4.93. The molecule has 0 heterocycles. The van der Waals surface area contributed by atoms with Gasteiger partial charge in [-0.1, -0.05) is 13.3 Å². The molecule has 0 aliphatic heterocycles. The smallest absolute Gasteiger partial charge is 0.242 e. The van der Waals surface area contributed by atoms with E-state index in [0.29, 0.717) is 6.54 Å². The first kappa shape index (κ1) is 16.9. The van der Waals surface area contributed by atoms with Gasteiger partial charge in [0.2, 0.25) is 11.8 Å². The van der Waals surface area contributed by atoms with Gasteiger partial charge >= 0.3 is 0 Å². The lowest BCUT2D eigenvalue weighted by Crippen LogP contribution is -2.46. The minimum Gasteiger partial charge on any atom is -0.355 e. The Morgan fingerprint density at radius 3 is 2.22 bits per heavy atom. The number of nitrogens with one attached hydrogen (secondary N) is 2. The molecule has 4 N–H and O–H groups in total. The van der Waals surface area contributed by atoms with E-state index < -0.39 is 6.04 Å². The van der Waals surface area contributed by atoms with Crippen LogP contribution in [0.2, 0.25) is 0 Å². The van der Waals surface area contributed by atoms with Crippen LogP contribution in [0.15, 0.2) is 0 Å². The summed E-state index contributed by atoms with van der Waals surface area (Å²) in [4.78, 5) is 23.3. The third kappa shape index (κ3) is 7.27. The number of rotatable bonds is 8. The predicted molar refractivity (Wildman–Crippen MR) is 73.0 cm³/mol. The van der Waals surface area contributed by atoms with Crippen molar-refractivity contribution in [2.24, 2.45) is 11.7 Å². The van der Waals surface area contributed by atoms with Crippen molar-refractivity contribution in [3.05, 3.63) is 0 Å². The van der Waals surface area contributed by atoms with Crippen LogP contribution in [-0.4, -0.2) is 30.4 Å². The zero-order chi connectivity index (χ0) is 14.1. The quantitative estimate of drug-likeness (QED) is 0.601. The average molecular weight is 257 g/mol. The van der Waals surface area contributed by atoms with Gasteiger partial charge in [0, 0.05) is 18.5 Å². The summed E-state index contributed by atoms with van der Waals surface area (Å²) in [5.74, 6) is -0.298. The number of amides is 2. The highest BCUT2D eigenvalue weighted by Crippen LogP contribution is 2.09. The maximum atomic E-state index is 11.8. The van der Waals surface area contributed by atoms with Crippen LogP contribution in [-0.2, 0) is 9.59 Å². The minimum atomic E-state index is -0.478. The van der Waals surface area contributed by atoms with Crippen LogP contribution in [0.25, 0.3) is 0 Å². The van der Waals surface area contributed by atoms with E-state index in [4.69, 9.17) is 5.73 Å². The van der Waals surface area contributed by atoms with Gasteiger partial charge in [0.1, 0.15) is 6.04 Å². The van der Waals surface area contributed by atoms with Gasteiger partial charge in [-0.2, -0.15) is 0 Å². The van der Waals surface area contributed by atoms with Crippen LogP contribution < -0.4 is 16.4 Å². The Balaban J connectivity index is 3.96. The predicted octanol–water partition coefficient (Wildman–Crippen LogP) is 0.781. The van der Waals surface area contributed by atoms with E-state index in [0.717, 1.165) is 19.3 Å². The summed E-state index contributed by atoms with van der Waals surface area (Å²) < 4.78 is 0. The fourth-order valence-electron chi connectivity index (χ4n) is 1.63. The first-order valence-electron chi connectivity index (χ1n) is 6.72. The summed E-state index contributed by atoms with van der Waals surface area (Å²) in [6.07, 6.45) is 2.65. The highest BCUT2D eigenvalue weighted by Gasteiger charge is 2.18. The molecule has 0 aromatic heterocycles. The van der Waals surface area contributed by atoms with Gasteiger partial charge in [0.05, 0.1) is 0 Å². The number of carbonyl (C=O) groups is 2. The first-order chi connectivity index (χ1) is 8.38. The number of nitrogens with two attached hydrogens (primary N) is 1. The molecule has 0 fully saturated rings. The van der Waals surface area contributed by atoms with Crippen molar-refractivity contribution in [2.45, 2.75) is 59.0 Å². The molecule has 2 amide bonds. The van der Waals surface area contributed by atoms with Gasteiger partial charge in [0.25, 0.3) is 0 Å². The summed E-state index contributed by atoms with van der Waals surface area (Å²) in [7, 11) is 0. The molecule has 0 bridgehead atoms. The number of hydrogen-bond donors (Lipinski definition) is 3. The van der Waals surface area contributed by atoms with E-state index in [2.05, 4.69) is 10.6 Å². The standard InChI is InChI=1S/C13H27N3O2/c1-5-15-13(18)11(4)16-12(17)9(2)7-6-8-10(3)14/h9-11H,5-8,14H2,1-4H3,(H,15,18)(H,16,17). The molecule has 0 aromatic carbocycles. The van der Waals surface area contributed by atoms with Crippen molar-refractivity contribution in [3.63, 3.8) is 0 Å². The van der Waals surface area contributed by atoms with Gasteiger partial charge < -0.3 is 16.4 Å². The molecular weight excluding hydrogens is 230 g/mol. The van der Waals surface area contributed by atoms with E-state index in [1.807, 2.05) is 20.8 Å². The fourth-order valence-corrected chi connectivity index (χ4v) is 1.63. The van der Waals surface area contributed by atoms with E-state index >= 15 is 0 Å². The topological polar surface area (TPSA) is 84.2 Å². The Morgan fingerprint density at radius 1 is 1.11 bits per heavy atom. The van der Waals surface area contributed by atoms with E-state index in [9.17, 15) is 9.59 Å². The van der Waals surface area contributed by atoms with Crippen LogP contribution in [0.1, 0.15) is 47.0 Å². The third-order valence-electron chi connectivity index (χ3n) is 2.85. The van der Waals surface area contributed by atoms with Gasteiger partial charge in [0.15, 0.2) is 0 Å².